The third-order valence-corrected chi connectivity index (χ3v) is 3.07. The summed E-state index contributed by atoms with van der Waals surface area (Å²) in [5.41, 5.74) is 4.59. The Morgan fingerprint density at radius 3 is 2.20 bits per heavy atom. The van der Waals surface area contributed by atoms with E-state index in [0.29, 0.717) is 13.0 Å². The second-order valence-corrected chi connectivity index (χ2v) is 4.67. The highest BCUT2D eigenvalue weighted by atomic mass is 16.5. The van der Waals surface area contributed by atoms with E-state index < -0.39 is 0 Å². The highest BCUT2D eigenvalue weighted by Gasteiger charge is 2.19. The maximum Gasteiger partial charge on any atom is 0.306 e. The fourth-order valence-corrected chi connectivity index (χ4v) is 1.92. The van der Waals surface area contributed by atoms with Gasteiger partial charge in [0, 0.05) is 39.6 Å². The highest BCUT2D eigenvalue weighted by molar-refractivity contribution is 5.81. The van der Waals surface area contributed by atoms with E-state index in [-0.39, 0.29) is 24.3 Å². The van der Waals surface area contributed by atoms with Crippen LogP contribution in [0.4, 0.5) is 0 Å². The van der Waals surface area contributed by atoms with Crippen LogP contribution in [0.25, 0.3) is 0 Å². The van der Waals surface area contributed by atoms with Gasteiger partial charge in [0.25, 0.3) is 5.91 Å². The molecule has 1 rings (SSSR count). The molecular formula is C12H22N4O4. The summed E-state index contributed by atoms with van der Waals surface area (Å²) in [5, 5.41) is 0. The molecule has 1 fully saturated rings. The molecule has 114 valence electrons. The van der Waals surface area contributed by atoms with Gasteiger partial charge in [-0.15, -0.1) is 0 Å². The Morgan fingerprint density at radius 2 is 1.65 bits per heavy atom. The number of hydrazine groups is 1. The lowest BCUT2D eigenvalue weighted by molar-refractivity contribution is -0.141. The molecule has 0 bridgehead atoms. The summed E-state index contributed by atoms with van der Waals surface area (Å²) in [5.74, 6) is -0.740. The van der Waals surface area contributed by atoms with Crippen molar-refractivity contribution in [3.63, 3.8) is 0 Å². The second-order valence-electron chi connectivity index (χ2n) is 4.67. The molecule has 8 nitrogen and oxygen atoms in total. The second kappa shape index (κ2) is 8.49. The Hall–Kier alpha value is -1.67. The molecule has 1 heterocycles. The molecule has 0 saturated carbocycles. The van der Waals surface area contributed by atoms with E-state index >= 15 is 0 Å². The molecule has 0 aromatic heterocycles. The molecule has 1 saturated heterocycles. The minimum atomic E-state index is -0.300. The predicted octanol–water partition coefficient (Wildman–Crippen LogP) is -1.67. The van der Waals surface area contributed by atoms with Crippen LogP contribution in [0.1, 0.15) is 13.3 Å². The molecule has 0 radical (unpaired) electrons. The molecule has 0 aliphatic carbocycles. The molecule has 20 heavy (non-hydrogen) atoms. The number of piperazine rings is 1. The number of methoxy groups -OCH3 is 1. The van der Waals surface area contributed by atoms with Gasteiger partial charge in [-0.3, -0.25) is 30.1 Å². The standard InChI is InChI=1S/C12H22N4O4/c1-10(17)13-14-11(18)9-16-7-5-15(6-8-16)4-3-12(19)20-2/h3-9H2,1-2H3,(H,13,17)(H,14,18). The molecule has 1 aliphatic heterocycles. The monoisotopic (exact) mass is 286 g/mol. The van der Waals surface area contributed by atoms with Gasteiger partial charge in [0.1, 0.15) is 0 Å². The normalized spacial score (nSPS) is 16.5. The van der Waals surface area contributed by atoms with E-state index in [2.05, 4.69) is 20.5 Å². The first-order chi connectivity index (χ1) is 9.51. The van der Waals surface area contributed by atoms with Crippen molar-refractivity contribution < 1.29 is 19.1 Å². The number of nitrogens with zero attached hydrogens (tertiary/aromatic N) is 2. The van der Waals surface area contributed by atoms with Crippen LogP contribution in [0.3, 0.4) is 0 Å². The van der Waals surface area contributed by atoms with Crippen molar-refractivity contribution in [1.82, 2.24) is 20.7 Å². The summed E-state index contributed by atoms with van der Waals surface area (Å²) in [4.78, 5) is 37.4. The van der Waals surface area contributed by atoms with Crippen LogP contribution >= 0.6 is 0 Å². The Kier molecular flexibility index (Phi) is 6.96. The Morgan fingerprint density at radius 1 is 1.05 bits per heavy atom. The van der Waals surface area contributed by atoms with Gasteiger partial charge < -0.3 is 9.64 Å². The van der Waals surface area contributed by atoms with E-state index in [0.717, 1.165) is 26.2 Å². The van der Waals surface area contributed by atoms with E-state index in [9.17, 15) is 14.4 Å². The van der Waals surface area contributed by atoms with E-state index in [4.69, 9.17) is 0 Å². The van der Waals surface area contributed by atoms with Gasteiger partial charge in [-0.25, -0.2) is 0 Å². The van der Waals surface area contributed by atoms with Crippen molar-refractivity contribution in [1.29, 1.82) is 0 Å². The average molecular weight is 286 g/mol. The molecule has 0 unspecified atom stereocenters. The lowest BCUT2D eigenvalue weighted by Gasteiger charge is -2.33. The smallest absolute Gasteiger partial charge is 0.306 e. The number of carbonyl (C=O) groups is 3. The number of amides is 2. The van der Waals surface area contributed by atoms with E-state index in [1.54, 1.807) is 0 Å². The zero-order valence-electron chi connectivity index (χ0n) is 12.0. The molecular weight excluding hydrogens is 264 g/mol. The van der Waals surface area contributed by atoms with Crippen LogP contribution < -0.4 is 10.9 Å². The number of nitrogens with one attached hydrogen (secondary N) is 2. The van der Waals surface area contributed by atoms with Gasteiger partial charge in [-0.2, -0.15) is 0 Å². The van der Waals surface area contributed by atoms with Crippen molar-refractivity contribution in [3.8, 4) is 0 Å². The van der Waals surface area contributed by atoms with Gasteiger partial charge in [-0.1, -0.05) is 0 Å². The Bertz CT molecular complexity index is 353. The number of rotatable bonds is 5. The molecule has 8 heteroatoms. The summed E-state index contributed by atoms with van der Waals surface area (Å²) in [7, 11) is 1.38. The number of hydrogen-bond donors (Lipinski definition) is 2. The van der Waals surface area contributed by atoms with Crippen molar-refractivity contribution in [3.05, 3.63) is 0 Å². The lowest BCUT2D eigenvalue weighted by Crippen LogP contribution is -2.51. The number of carbonyl (C=O) groups excluding carboxylic acids is 3. The fourth-order valence-electron chi connectivity index (χ4n) is 1.92. The van der Waals surface area contributed by atoms with Crippen LogP contribution in [0.15, 0.2) is 0 Å². The highest BCUT2D eigenvalue weighted by Crippen LogP contribution is 2.02. The zero-order chi connectivity index (χ0) is 15.0. The molecule has 2 N–H and O–H groups in total. The number of ether oxygens (including phenoxy) is 1. The largest absolute Gasteiger partial charge is 0.469 e. The predicted molar refractivity (Wildman–Crippen MR) is 71.5 cm³/mol. The first-order valence-corrected chi connectivity index (χ1v) is 6.58. The van der Waals surface area contributed by atoms with Crippen molar-refractivity contribution >= 4 is 17.8 Å². The number of hydrogen-bond acceptors (Lipinski definition) is 6. The summed E-state index contributed by atoms with van der Waals surface area (Å²) < 4.78 is 4.60. The molecule has 0 atom stereocenters. The van der Waals surface area contributed by atoms with Crippen molar-refractivity contribution in [2.75, 3.05) is 46.4 Å². The topological polar surface area (TPSA) is 91.0 Å². The first-order valence-electron chi connectivity index (χ1n) is 6.58. The van der Waals surface area contributed by atoms with Crippen LogP contribution in [-0.2, 0) is 19.1 Å². The summed E-state index contributed by atoms with van der Waals surface area (Å²) in [6, 6.07) is 0. The van der Waals surface area contributed by atoms with Crippen LogP contribution in [0.5, 0.6) is 0 Å². The molecule has 0 aromatic rings. The molecule has 0 spiro atoms. The minimum absolute atomic E-state index is 0.206. The third kappa shape index (κ3) is 6.48. The van der Waals surface area contributed by atoms with E-state index in [1.807, 2.05) is 4.90 Å². The molecule has 0 aromatic carbocycles. The minimum Gasteiger partial charge on any atom is -0.469 e. The van der Waals surface area contributed by atoms with Gasteiger partial charge in [-0.05, 0) is 0 Å². The number of esters is 1. The van der Waals surface area contributed by atoms with Gasteiger partial charge in [0.2, 0.25) is 5.91 Å². The molecule has 1 aliphatic rings. The van der Waals surface area contributed by atoms with E-state index in [1.165, 1.54) is 14.0 Å². The fraction of sp³-hybridized carbons (Fsp3) is 0.750. The lowest BCUT2D eigenvalue weighted by atomic mass is 10.3. The average Bonchev–Trinajstić information content (AvgIpc) is 2.44. The third-order valence-electron chi connectivity index (χ3n) is 3.07. The zero-order valence-corrected chi connectivity index (χ0v) is 12.0. The molecule has 2 amide bonds. The quantitative estimate of drug-likeness (QED) is 0.464. The first kappa shape index (κ1) is 16.4. The summed E-state index contributed by atoms with van der Waals surface area (Å²) in [6.07, 6.45) is 0.388. The maximum atomic E-state index is 11.5. The Balaban J connectivity index is 2.16. The van der Waals surface area contributed by atoms with Crippen molar-refractivity contribution in [2.24, 2.45) is 0 Å². The Labute approximate surface area is 118 Å². The summed E-state index contributed by atoms with van der Waals surface area (Å²) in [6.45, 7) is 5.40. The van der Waals surface area contributed by atoms with Gasteiger partial charge >= 0.3 is 5.97 Å². The summed E-state index contributed by atoms with van der Waals surface area (Å²) >= 11 is 0. The van der Waals surface area contributed by atoms with Crippen molar-refractivity contribution in [2.45, 2.75) is 13.3 Å². The van der Waals surface area contributed by atoms with Gasteiger partial charge in [0.05, 0.1) is 20.1 Å². The van der Waals surface area contributed by atoms with Gasteiger partial charge in [0.15, 0.2) is 0 Å². The SMILES string of the molecule is COC(=O)CCN1CCN(CC(=O)NNC(C)=O)CC1. The van der Waals surface area contributed by atoms with Crippen LogP contribution in [0.2, 0.25) is 0 Å². The maximum absolute atomic E-state index is 11.5. The van der Waals surface area contributed by atoms with Crippen LogP contribution in [0, 0.1) is 0 Å². The van der Waals surface area contributed by atoms with Crippen LogP contribution in [-0.4, -0.2) is 74.0 Å².